The lowest BCUT2D eigenvalue weighted by Crippen LogP contribution is -2.39. The van der Waals surface area contributed by atoms with Crippen molar-refractivity contribution in [3.05, 3.63) is 34.9 Å². The summed E-state index contributed by atoms with van der Waals surface area (Å²) < 4.78 is 5.61. The first-order chi connectivity index (χ1) is 9.19. The molecule has 0 amide bonds. The maximum absolute atomic E-state index is 12.1. The Balaban J connectivity index is 1.84. The van der Waals surface area contributed by atoms with Gasteiger partial charge in [-0.3, -0.25) is 9.69 Å². The number of ether oxygens (including phenoxy) is 1. The van der Waals surface area contributed by atoms with Crippen LogP contribution in [0.3, 0.4) is 0 Å². The van der Waals surface area contributed by atoms with Crippen LogP contribution < -0.4 is 0 Å². The first-order valence-electron chi connectivity index (χ1n) is 6.81. The minimum atomic E-state index is 0.136. The fourth-order valence-electron chi connectivity index (χ4n) is 2.43. The second-order valence-electron chi connectivity index (χ2n) is 4.86. The molecule has 0 saturated carbocycles. The fraction of sp³-hybridized carbons (Fsp3) is 0.533. The number of hydrogen-bond acceptors (Lipinski definition) is 3. The van der Waals surface area contributed by atoms with Crippen molar-refractivity contribution in [3.8, 4) is 0 Å². The Bertz CT molecular complexity index is 428. The quantitative estimate of drug-likeness (QED) is 0.777. The van der Waals surface area contributed by atoms with Crippen LogP contribution in [0.5, 0.6) is 0 Å². The van der Waals surface area contributed by atoms with E-state index in [4.69, 9.17) is 16.3 Å². The minimum absolute atomic E-state index is 0.136. The molecule has 1 aliphatic heterocycles. The molecule has 3 nitrogen and oxygen atoms in total. The highest BCUT2D eigenvalue weighted by Crippen LogP contribution is 2.15. The number of halogens is 1. The zero-order valence-corrected chi connectivity index (χ0v) is 12.0. The van der Waals surface area contributed by atoms with Crippen LogP contribution in [0.15, 0.2) is 24.3 Å². The molecule has 1 aliphatic rings. The van der Waals surface area contributed by atoms with Crippen molar-refractivity contribution >= 4 is 17.4 Å². The molecule has 104 valence electrons. The van der Waals surface area contributed by atoms with Crippen LogP contribution in [0.1, 0.15) is 30.1 Å². The van der Waals surface area contributed by atoms with Crippen molar-refractivity contribution in [3.63, 3.8) is 0 Å². The first kappa shape index (κ1) is 14.5. The molecule has 0 atom stereocenters. The molecule has 1 heterocycles. The number of carbonyl (C=O) groups excluding carboxylic acids is 1. The van der Waals surface area contributed by atoms with Crippen LogP contribution >= 0.6 is 11.6 Å². The zero-order chi connectivity index (χ0) is 13.7. The van der Waals surface area contributed by atoms with Crippen LogP contribution in [-0.2, 0) is 4.74 Å². The minimum Gasteiger partial charge on any atom is -0.378 e. The number of Topliss-reactive ketones (excluding diaryl/α,β-unsaturated/α-hetero) is 1. The standard InChI is InChI=1S/C15H20ClNO2/c1-2-19-14-6-8-17(9-7-14)11-15(18)12-4-3-5-13(16)10-12/h3-5,10,14H,2,6-9,11H2,1H3. The third kappa shape index (κ3) is 4.30. The van der Waals surface area contributed by atoms with E-state index in [2.05, 4.69) is 4.90 Å². The van der Waals surface area contributed by atoms with Crippen LogP contribution in [0.2, 0.25) is 5.02 Å². The highest BCUT2D eigenvalue weighted by molar-refractivity contribution is 6.31. The summed E-state index contributed by atoms with van der Waals surface area (Å²) in [5.41, 5.74) is 0.694. The van der Waals surface area contributed by atoms with Crippen LogP contribution in [0.4, 0.5) is 0 Å². The SMILES string of the molecule is CCOC1CCN(CC(=O)c2cccc(Cl)c2)CC1. The summed E-state index contributed by atoms with van der Waals surface area (Å²) in [7, 11) is 0. The van der Waals surface area contributed by atoms with E-state index in [0.717, 1.165) is 32.5 Å². The molecule has 2 rings (SSSR count). The van der Waals surface area contributed by atoms with Gasteiger partial charge in [-0.15, -0.1) is 0 Å². The summed E-state index contributed by atoms with van der Waals surface area (Å²) in [6.45, 7) is 5.12. The number of piperidine rings is 1. The Morgan fingerprint density at radius 1 is 1.42 bits per heavy atom. The van der Waals surface area contributed by atoms with E-state index in [9.17, 15) is 4.79 Å². The zero-order valence-electron chi connectivity index (χ0n) is 11.3. The molecule has 1 fully saturated rings. The van der Waals surface area contributed by atoms with E-state index in [-0.39, 0.29) is 5.78 Å². The van der Waals surface area contributed by atoms with Crippen molar-refractivity contribution in [2.75, 3.05) is 26.2 Å². The third-order valence-electron chi connectivity index (χ3n) is 3.45. The Hall–Kier alpha value is -0.900. The van der Waals surface area contributed by atoms with Gasteiger partial charge in [0.25, 0.3) is 0 Å². The van der Waals surface area contributed by atoms with Gasteiger partial charge in [0.15, 0.2) is 5.78 Å². The predicted molar refractivity (Wildman–Crippen MR) is 76.9 cm³/mol. The van der Waals surface area contributed by atoms with Gasteiger partial charge in [0.2, 0.25) is 0 Å². The molecular weight excluding hydrogens is 262 g/mol. The Morgan fingerprint density at radius 2 is 2.16 bits per heavy atom. The largest absolute Gasteiger partial charge is 0.378 e. The molecule has 0 unspecified atom stereocenters. The van der Waals surface area contributed by atoms with E-state index < -0.39 is 0 Å². The van der Waals surface area contributed by atoms with Gasteiger partial charge in [-0.25, -0.2) is 0 Å². The second kappa shape index (κ2) is 7.04. The maximum atomic E-state index is 12.1. The van der Waals surface area contributed by atoms with Gasteiger partial charge in [-0.05, 0) is 31.9 Å². The fourth-order valence-corrected chi connectivity index (χ4v) is 2.62. The Labute approximate surface area is 119 Å². The summed E-state index contributed by atoms with van der Waals surface area (Å²) in [6.07, 6.45) is 2.38. The summed E-state index contributed by atoms with van der Waals surface area (Å²) in [4.78, 5) is 14.3. The maximum Gasteiger partial charge on any atom is 0.176 e. The van der Waals surface area contributed by atoms with Crippen LogP contribution in [0, 0.1) is 0 Å². The summed E-state index contributed by atoms with van der Waals surface area (Å²) in [6, 6.07) is 7.15. The van der Waals surface area contributed by atoms with Crippen molar-refractivity contribution in [2.24, 2.45) is 0 Å². The number of nitrogens with zero attached hydrogens (tertiary/aromatic N) is 1. The molecule has 0 radical (unpaired) electrons. The molecule has 1 saturated heterocycles. The topological polar surface area (TPSA) is 29.5 Å². The third-order valence-corrected chi connectivity index (χ3v) is 3.69. The number of benzene rings is 1. The average Bonchev–Trinajstić information content (AvgIpc) is 2.41. The monoisotopic (exact) mass is 281 g/mol. The highest BCUT2D eigenvalue weighted by Gasteiger charge is 2.21. The number of hydrogen-bond donors (Lipinski definition) is 0. The first-order valence-corrected chi connectivity index (χ1v) is 7.19. The lowest BCUT2D eigenvalue weighted by Gasteiger charge is -2.31. The van der Waals surface area contributed by atoms with Gasteiger partial charge in [0.1, 0.15) is 0 Å². The lowest BCUT2D eigenvalue weighted by atomic mass is 10.1. The van der Waals surface area contributed by atoms with Gasteiger partial charge in [-0.2, -0.15) is 0 Å². The molecule has 1 aromatic rings. The van der Waals surface area contributed by atoms with E-state index >= 15 is 0 Å². The molecule has 1 aromatic carbocycles. The van der Waals surface area contributed by atoms with Gasteiger partial charge >= 0.3 is 0 Å². The average molecular weight is 282 g/mol. The van der Waals surface area contributed by atoms with E-state index in [1.54, 1.807) is 12.1 Å². The number of ketones is 1. The van der Waals surface area contributed by atoms with Crippen molar-refractivity contribution < 1.29 is 9.53 Å². The lowest BCUT2D eigenvalue weighted by molar-refractivity contribution is 0.0147. The smallest absolute Gasteiger partial charge is 0.176 e. The normalized spacial score (nSPS) is 17.6. The van der Waals surface area contributed by atoms with Crippen molar-refractivity contribution in [2.45, 2.75) is 25.9 Å². The van der Waals surface area contributed by atoms with E-state index in [1.807, 2.05) is 19.1 Å². The summed E-state index contributed by atoms with van der Waals surface area (Å²) >= 11 is 5.90. The molecule has 0 spiro atoms. The molecule has 0 aromatic heterocycles. The van der Waals surface area contributed by atoms with Gasteiger partial charge < -0.3 is 4.74 Å². The van der Waals surface area contributed by atoms with Crippen LogP contribution in [0.25, 0.3) is 0 Å². The van der Waals surface area contributed by atoms with Gasteiger partial charge in [0.05, 0.1) is 12.6 Å². The van der Waals surface area contributed by atoms with Gasteiger partial charge in [-0.1, -0.05) is 23.7 Å². The van der Waals surface area contributed by atoms with E-state index in [0.29, 0.717) is 23.2 Å². The van der Waals surface area contributed by atoms with Gasteiger partial charge in [0, 0.05) is 30.3 Å². The Kier molecular flexibility index (Phi) is 5.37. The van der Waals surface area contributed by atoms with E-state index in [1.165, 1.54) is 0 Å². The molecule has 4 heteroatoms. The Morgan fingerprint density at radius 3 is 2.79 bits per heavy atom. The summed E-state index contributed by atoms with van der Waals surface area (Å²) in [5, 5.41) is 0.612. The highest BCUT2D eigenvalue weighted by atomic mass is 35.5. The molecule has 19 heavy (non-hydrogen) atoms. The molecular formula is C15H20ClNO2. The van der Waals surface area contributed by atoms with Crippen molar-refractivity contribution in [1.82, 2.24) is 4.90 Å². The van der Waals surface area contributed by atoms with Crippen molar-refractivity contribution in [1.29, 1.82) is 0 Å². The number of carbonyl (C=O) groups is 1. The summed E-state index contributed by atoms with van der Waals surface area (Å²) in [5.74, 6) is 0.136. The molecule has 0 aliphatic carbocycles. The van der Waals surface area contributed by atoms with Crippen LogP contribution in [-0.4, -0.2) is 43.0 Å². The predicted octanol–water partition coefficient (Wildman–Crippen LogP) is 3.02. The molecule has 0 N–H and O–H groups in total. The molecule has 0 bridgehead atoms. The number of rotatable bonds is 5. The number of likely N-dealkylation sites (tertiary alicyclic amines) is 1. The second-order valence-corrected chi connectivity index (χ2v) is 5.30.